The van der Waals surface area contributed by atoms with Crippen LogP contribution in [0.5, 0.6) is 0 Å². The quantitative estimate of drug-likeness (QED) is 0.749. The summed E-state index contributed by atoms with van der Waals surface area (Å²) in [6.45, 7) is 2.66. The first-order valence-corrected chi connectivity index (χ1v) is 4.37. The van der Waals surface area contributed by atoms with Crippen molar-refractivity contribution >= 4 is 5.95 Å². The monoisotopic (exact) mass is 193 g/mol. The van der Waals surface area contributed by atoms with Gasteiger partial charge in [0.05, 0.1) is 0 Å². The molecule has 0 amide bonds. The van der Waals surface area contributed by atoms with Gasteiger partial charge in [-0.15, -0.1) is 5.10 Å². The minimum absolute atomic E-state index is 0.508. The van der Waals surface area contributed by atoms with Gasteiger partial charge in [0, 0.05) is 13.0 Å². The molecular weight excluding hydrogens is 182 g/mol. The molecule has 0 unspecified atom stereocenters. The molecular formula is C8H11N5O. The molecule has 0 atom stereocenters. The summed E-state index contributed by atoms with van der Waals surface area (Å²) in [6, 6.07) is 3.91. The second-order valence-electron chi connectivity index (χ2n) is 2.92. The highest BCUT2D eigenvalue weighted by Crippen LogP contribution is 2.06. The lowest BCUT2D eigenvalue weighted by molar-refractivity contribution is 0.486. The number of aromatic amines is 1. The van der Waals surface area contributed by atoms with Gasteiger partial charge in [0.1, 0.15) is 11.5 Å². The molecule has 0 aromatic carbocycles. The molecule has 2 N–H and O–H groups in total. The number of nitrogens with zero attached hydrogens (tertiary/aromatic N) is 3. The number of aromatic nitrogens is 4. The highest BCUT2D eigenvalue weighted by Gasteiger charge is 1.99. The third-order valence-electron chi connectivity index (χ3n) is 1.80. The summed E-state index contributed by atoms with van der Waals surface area (Å²) in [5.74, 6) is 2.39. The number of tetrazole rings is 1. The Hall–Kier alpha value is -1.85. The van der Waals surface area contributed by atoms with Crippen LogP contribution >= 0.6 is 0 Å². The van der Waals surface area contributed by atoms with Crippen LogP contribution in [0.15, 0.2) is 16.5 Å². The zero-order valence-corrected chi connectivity index (χ0v) is 7.82. The normalized spacial score (nSPS) is 10.4. The van der Waals surface area contributed by atoms with Gasteiger partial charge in [0.2, 0.25) is 0 Å². The molecule has 0 bridgehead atoms. The van der Waals surface area contributed by atoms with Gasteiger partial charge in [0.15, 0.2) is 0 Å². The Morgan fingerprint density at radius 1 is 1.50 bits per heavy atom. The van der Waals surface area contributed by atoms with Crippen molar-refractivity contribution in [1.29, 1.82) is 0 Å². The number of furan rings is 1. The molecule has 2 aromatic rings. The second kappa shape index (κ2) is 3.91. The molecule has 0 aliphatic heterocycles. The standard InChI is InChI=1S/C8H11N5O/c1-6-2-3-7(14-6)4-5-9-8-10-12-13-11-8/h2-3H,4-5H2,1H3,(H2,9,10,11,12,13). The lowest BCUT2D eigenvalue weighted by Gasteiger charge is -1.97. The van der Waals surface area contributed by atoms with Gasteiger partial charge in [-0.05, 0) is 24.3 Å². The SMILES string of the molecule is Cc1ccc(CCNc2nn[nH]n2)o1. The minimum Gasteiger partial charge on any atom is -0.466 e. The van der Waals surface area contributed by atoms with Crippen molar-refractivity contribution in [1.82, 2.24) is 20.6 Å². The molecule has 0 fully saturated rings. The van der Waals surface area contributed by atoms with Gasteiger partial charge >= 0.3 is 0 Å². The molecule has 0 radical (unpaired) electrons. The van der Waals surface area contributed by atoms with Gasteiger partial charge < -0.3 is 9.73 Å². The Labute approximate surface area is 80.7 Å². The highest BCUT2D eigenvalue weighted by atomic mass is 16.3. The van der Waals surface area contributed by atoms with Crippen LogP contribution in [-0.2, 0) is 6.42 Å². The molecule has 2 heterocycles. The molecule has 6 nitrogen and oxygen atoms in total. The summed E-state index contributed by atoms with van der Waals surface area (Å²) in [7, 11) is 0. The maximum Gasteiger partial charge on any atom is 0.263 e. The van der Waals surface area contributed by atoms with Crippen molar-refractivity contribution < 1.29 is 4.42 Å². The number of rotatable bonds is 4. The Balaban J connectivity index is 1.78. The van der Waals surface area contributed by atoms with Crippen LogP contribution in [0, 0.1) is 6.92 Å². The zero-order valence-electron chi connectivity index (χ0n) is 7.82. The van der Waals surface area contributed by atoms with Crippen LogP contribution in [0.2, 0.25) is 0 Å². The number of aryl methyl sites for hydroxylation is 1. The van der Waals surface area contributed by atoms with Crippen LogP contribution in [-0.4, -0.2) is 27.2 Å². The Kier molecular flexibility index (Phi) is 2.44. The van der Waals surface area contributed by atoms with Gasteiger partial charge in [0.25, 0.3) is 5.95 Å². The van der Waals surface area contributed by atoms with E-state index in [1.807, 2.05) is 19.1 Å². The molecule has 0 saturated heterocycles. The van der Waals surface area contributed by atoms with E-state index in [1.165, 1.54) is 0 Å². The number of anilines is 1. The first-order chi connectivity index (χ1) is 6.84. The number of hydrogen-bond donors (Lipinski definition) is 2. The molecule has 14 heavy (non-hydrogen) atoms. The molecule has 2 aromatic heterocycles. The van der Waals surface area contributed by atoms with Crippen molar-refractivity contribution in [2.75, 3.05) is 11.9 Å². The predicted octanol–water partition coefficient (Wildman–Crippen LogP) is 0.756. The maximum atomic E-state index is 5.40. The lowest BCUT2D eigenvalue weighted by Crippen LogP contribution is -2.05. The highest BCUT2D eigenvalue weighted by molar-refractivity contribution is 5.19. The largest absolute Gasteiger partial charge is 0.466 e. The lowest BCUT2D eigenvalue weighted by atomic mass is 10.3. The fourth-order valence-corrected chi connectivity index (χ4v) is 1.15. The van der Waals surface area contributed by atoms with Crippen molar-refractivity contribution in [3.63, 3.8) is 0 Å². The first-order valence-electron chi connectivity index (χ1n) is 4.37. The smallest absolute Gasteiger partial charge is 0.263 e. The molecule has 74 valence electrons. The van der Waals surface area contributed by atoms with Crippen molar-refractivity contribution in [2.45, 2.75) is 13.3 Å². The first kappa shape index (κ1) is 8.74. The zero-order chi connectivity index (χ0) is 9.80. The van der Waals surface area contributed by atoms with E-state index in [0.29, 0.717) is 5.95 Å². The van der Waals surface area contributed by atoms with Crippen LogP contribution in [0.4, 0.5) is 5.95 Å². The van der Waals surface area contributed by atoms with Crippen molar-refractivity contribution in [2.24, 2.45) is 0 Å². The van der Waals surface area contributed by atoms with E-state index in [2.05, 4.69) is 25.9 Å². The molecule has 0 aliphatic rings. The summed E-state index contributed by atoms with van der Waals surface area (Å²) >= 11 is 0. The van der Waals surface area contributed by atoms with Crippen LogP contribution in [0.1, 0.15) is 11.5 Å². The van der Waals surface area contributed by atoms with Gasteiger partial charge in [-0.25, -0.2) is 0 Å². The summed E-state index contributed by atoms with van der Waals surface area (Å²) in [4.78, 5) is 0. The molecule has 2 rings (SSSR count). The van der Waals surface area contributed by atoms with Gasteiger partial charge in [-0.3, -0.25) is 0 Å². The third kappa shape index (κ3) is 2.09. The van der Waals surface area contributed by atoms with E-state index in [-0.39, 0.29) is 0 Å². The average Bonchev–Trinajstić information content (AvgIpc) is 2.77. The summed E-state index contributed by atoms with van der Waals surface area (Å²) < 4.78 is 5.40. The second-order valence-corrected chi connectivity index (χ2v) is 2.92. The van der Waals surface area contributed by atoms with Crippen LogP contribution in [0.3, 0.4) is 0 Å². The van der Waals surface area contributed by atoms with E-state index in [1.54, 1.807) is 0 Å². The summed E-state index contributed by atoms with van der Waals surface area (Å²) in [5.41, 5.74) is 0. The summed E-state index contributed by atoms with van der Waals surface area (Å²) in [5, 5.41) is 16.3. The van der Waals surface area contributed by atoms with Crippen molar-refractivity contribution in [3.8, 4) is 0 Å². The van der Waals surface area contributed by atoms with Crippen molar-refractivity contribution in [3.05, 3.63) is 23.7 Å². The van der Waals surface area contributed by atoms with E-state index >= 15 is 0 Å². The third-order valence-corrected chi connectivity index (χ3v) is 1.80. The number of hydrogen-bond acceptors (Lipinski definition) is 5. The maximum absolute atomic E-state index is 5.40. The predicted molar refractivity (Wildman–Crippen MR) is 49.8 cm³/mol. The molecule has 6 heteroatoms. The van der Waals surface area contributed by atoms with Crippen LogP contribution in [0.25, 0.3) is 0 Å². The van der Waals surface area contributed by atoms with Gasteiger partial charge in [-0.1, -0.05) is 5.10 Å². The van der Waals surface area contributed by atoms with E-state index < -0.39 is 0 Å². The van der Waals surface area contributed by atoms with E-state index in [9.17, 15) is 0 Å². The minimum atomic E-state index is 0.508. The fourth-order valence-electron chi connectivity index (χ4n) is 1.15. The average molecular weight is 193 g/mol. The van der Waals surface area contributed by atoms with Crippen LogP contribution < -0.4 is 5.32 Å². The van der Waals surface area contributed by atoms with Gasteiger partial charge in [-0.2, -0.15) is 5.21 Å². The topological polar surface area (TPSA) is 79.6 Å². The molecule has 0 saturated carbocycles. The van der Waals surface area contributed by atoms with E-state index in [4.69, 9.17) is 4.42 Å². The summed E-state index contributed by atoms with van der Waals surface area (Å²) in [6.07, 6.45) is 0.808. The molecule has 0 spiro atoms. The Morgan fingerprint density at radius 3 is 3.07 bits per heavy atom. The number of H-pyrrole nitrogens is 1. The Morgan fingerprint density at radius 2 is 2.43 bits per heavy atom. The fraction of sp³-hybridized carbons (Fsp3) is 0.375. The Bertz CT molecular complexity index is 380. The van der Waals surface area contributed by atoms with E-state index in [0.717, 1.165) is 24.5 Å². The number of nitrogens with one attached hydrogen (secondary N) is 2. The molecule has 0 aliphatic carbocycles.